The Morgan fingerprint density at radius 1 is 1.43 bits per heavy atom. The minimum atomic E-state index is -0.307. The number of hydrogen-bond donors (Lipinski definition) is 0. The molecule has 5 nitrogen and oxygen atoms in total. The van der Waals surface area contributed by atoms with Crippen molar-refractivity contribution in [2.75, 3.05) is 18.0 Å². The van der Waals surface area contributed by atoms with Crippen LogP contribution in [-0.4, -0.2) is 29.2 Å². The third-order valence-electron chi connectivity index (χ3n) is 3.89. The summed E-state index contributed by atoms with van der Waals surface area (Å²) in [5, 5.41) is 3.08. The van der Waals surface area contributed by atoms with Crippen LogP contribution in [0.5, 0.6) is 0 Å². The predicted octanol–water partition coefficient (Wildman–Crippen LogP) is 3.53. The van der Waals surface area contributed by atoms with E-state index in [1.165, 1.54) is 12.1 Å². The summed E-state index contributed by atoms with van der Waals surface area (Å²) in [6, 6.07) is 4.90. The van der Waals surface area contributed by atoms with E-state index in [-0.39, 0.29) is 11.9 Å². The van der Waals surface area contributed by atoms with Gasteiger partial charge in [0, 0.05) is 24.5 Å². The molecule has 0 amide bonds. The highest BCUT2D eigenvalue weighted by Crippen LogP contribution is 2.26. The lowest BCUT2D eigenvalue weighted by Gasteiger charge is -2.13. The maximum atomic E-state index is 13.2. The first-order valence-electron chi connectivity index (χ1n) is 7.51. The summed E-state index contributed by atoms with van der Waals surface area (Å²) >= 11 is 1.63. The van der Waals surface area contributed by atoms with Crippen LogP contribution in [0.4, 0.5) is 10.4 Å². The molecule has 1 aliphatic heterocycles. The van der Waals surface area contributed by atoms with Gasteiger partial charge in [0.05, 0.1) is 23.4 Å². The normalized spacial score (nSPS) is 18.2. The molecule has 0 saturated carbocycles. The van der Waals surface area contributed by atoms with Gasteiger partial charge >= 0.3 is 0 Å². The van der Waals surface area contributed by atoms with Crippen LogP contribution in [-0.2, 0) is 11.3 Å². The monoisotopic (exact) mass is 333 g/mol. The highest BCUT2D eigenvalue weighted by atomic mass is 32.1. The second-order valence-corrected chi connectivity index (χ2v) is 6.70. The molecule has 120 valence electrons. The molecule has 4 rings (SSSR count). The Morgan fingerprint density at radius 2 is 2.35 bits per heavy atom. The van der Waals surface area contributed by atoms with Crippen molar-refractivity contribution < 1.29 is 13.5 Å². The van der Waals surface area contributed by atoms with Gasteiger partial charge < -0.3 is 14.1 Å². The molecular weight excluding hydrogens is 317 g/mol. The van der Waals surface area contributed by atoms with Crippen LogP contribution in [0.15, 0.2) is 28.0 Å². The third-order valence-corrected chi connectivity index (χ3v) is 4.71. The van der Waals surface area contributed by atoms with Gasteiger partial charge in [-0.2, -0.15) is 4.98 Å². The predicted molar refractivity (Wildman–Crippen MR) is 86.2 cm³/mol. The minimum Gasteiger partial charge on any atom is -0.423 e. The largest absolute Gasteiger partial charge is 0.423 e. The fourth-order valence-electron chi connectivity index (χ4n) is 2.74. The molecule has 3 aromatic rings. The van der Waals surface area contributed by atoms with Crippen LogP contribution in [0.3, 0.4) is 0 Å². The Bertz CT molecular complexity index is 832. The maximum absolute atomic E-state index is 13.2. The molecule has 1 aliphatic rings. The number of anilines is 1. The summed E-state index contributed by atoms with van der Waals surface area (Å²) in [5.74, 6) is -0.307. The van der Waals surface area contributed by atoms with Gasteiger partial charge in [-0.05, 0) is 25.5 Å². The van der Waals surface area contributed by atoms with Gasteiger partial charge in [-0.25, -0.2) is 9.37 Å². The Kier molecular flexibility index (Phi) is 3.74. The first kappa shape index (κ1) is 14.6. The molecule has 3 heterocycles. The zero-order valence-corrected chi connectivity index (χ0v) is 13.5. The molecule has 0 radical (unpaired) electrons. The zero-order valence-electron chi connectivity index (χ0n) is 12.7. The third kappa shape index (κ3) is 3.07. The average Bonchev–Trinajstić information content (AvgIpc) is 3.23. The molecule has 0 spiro atoms. The van der Waals surface area contributed by atoms with E-state index < -0.39 is 0 Å². The van der Waals surface area contributed by atoms with Crippen molar-refractivity contribution in [1.82, 2.24) is 9.97 Å². The number of ether oxygens (including phenoxy) is 1. The van der Waals surface area contributed by atoms with Gasteiger partial charge in [0.25, 0.3) is 6.01 Å². The van der Waals surface area contributed by atoms with Gasteiger partial charge in [0.15, 0.2) is 5.58 Å². The number of halogens is 1. The van der Waals surface area contributed by atoms with Crippen molar-refractivity contribution in [1.29, 1.82) is 0 Å². The second kappa shape index (κ2) is 5.90. The topological polar surface area (TPSA) is 51.4 Å². The fourth-order valence-corrected chi connectivity index (χ4v) is 3.34. The van der Waals surface area contributed by atoms with E-state index in [2.05, 4.69) is 9.97 Å². The van der Waals surface area contributed by atoms with Crippen molar-refractivity contribution in [3.63, 3.8) is 0 Å². The van der Waals surface area contributed by atoms with E-state index in [4.69, 9.17) is 9.15 Å². The summed E-state index contributed by atoms with van der Waals surface area (Å²) in [6.45, 7) is 4.05. The number of rotatable bonds is 4. The summed E-state index contributed by atoms with van der Waals surface area (Å²) in [7, 11) is 0. The number of aryl methyl sites for hydroxylation is 1. The lowest BCUT2D eigenvalue weighted by atomic mass is 10.3. The lowest BCUT2D eigenvalue weighted by molar-refractivity contribution is 0.0534. The second-order valence-electron chi connectivity index (χ2n) is 5.63. The number of aromatic nitrogens is 2. The van der Waals surface area contributed by atoms with Crippen molar-refractivity contribution in [3.8, 4) is 0 Å². The van der Waals surface area contributed by atoms with E-state index in [0.29, 0.717) is 23.7 Å². The van der Waals surface area contributed by atoms with Gasteiger partial charge in [-0.1, -0.05) is 0 Å². The average molecular weight is 333 g/mol. The quantitative estimate of drug-likeness (QED) is 0.731. The molecule has 1 aromatic carbocycles. The Labute approximate surface area is 136 Å². The van der Waals surface area contributed by atoms with Crippen LogP contribution in [0.25, 0.3) is 11.1 Å². The van der Waals surface area contributed by atoms with E-state index in [1.807, 2.05) is 17.2 Å². The summed E-state index contributed by atoms with van der Waals surface area (Å²) in [6.07, 6.45) is 1.04. The summed E-state index contributed by atoms with van der Waals surface area (Å²) < 4.78 is 24.9. The van der Waals surface area contributed by atoms with Gasteiger partial charge in [0.2, 0.25) is 0 Å². The van der Waals surface area contributed by atoms with Crippen LogP contribution in [0.1, 0.15) is 17.1 Å². The molecule has 0 aliphatic carbocycles. The molecule has 0 unspecified atom stereocenters. The van der Waals surface area contributed by atoms with E-state index >= 15 is 0 Å². The van der Waals surface area contributed by atoms with Gasteiger partial charge in [-0.15, -0.1) is 11.3 Å². The zero-order chi connectivity index (χ0) is 15.8. The molecule has 1 saturated heterocycles. The van der Waals surface area contributed by atoms with Crippen molar-refractivity contribution >= 4 is 28.5 Å². The number of oxazole rings is 1. The lowest BCUT2D eigenvalue weighted by Crippen LogP contribution is -2.23. The molecule has 7 heteroatoms. The summed E-state index contributed by atoms with van der Waals surface area (Å²) in [5.41, 5.74) is 2.12. The van der Waals surface area contributed by atoms with Gasteiger partial charge in [0.1, 0.15) is 11.3 Å². The first-order chi connectivity index (χ1) is 11.2. The standard InChI is InChI=1S/C16H16FN3O2S/c1-10-18-12(9-23-10)8-21-13-4-5-20(7-13)16-19-14-6-11(17)2-3-15(14)22-16/h2-3,6,9,13H,4-5,7-8H2,1H3/t13-/m0/s1. The molecule has 2 aromatic heterocycles. The molecular formula is C16H16FN3O2S. The number of fused-ring (bicyclic) bond motifs is 1. The smallest absolute Gasteiger partial charge is 0.298 e. The summed E-state index contributed by atoms with van der Waals surface area (Å²) in [4.78, 5) is 10.8. The molecule has 0 bridgehead atoms. The van der Waals surface area contributed by atoms with Gasteiger partial charge in [-0.3, -0.25) is 0 Å². The Balaban J connectivity index is 1.40. The molecule has 1 fully saturated rings. The minimum absolute atomic E-state index is 0.128. The van der Waals surface area contributed by atoms with Crippen molar-refractivity contribution in [3.05, 3.63) is 40.1 Å². The van der Waals surface area contributed by atoms with E-state index in [0.717, 1.165) is 30.2 Å². The number of benzene rings is 1. The van der Waals surface area contributed by atoms with E-state index in [9.17, 15) is 4.39 Å². The Morgan fingerprint density at radius 3 is 3.17 bits per heavy atom. The Hall–Kier alpha value is -1.99. The highest BCUT2D eigenvalue weighted by molar-refractivity contribution is 7.09. The SMILES string of the molecule is Cc1nc(CO[C@H]2CCN(c3nc4cc(F)ccc4o3)C2)cs1. The fraction of sp³-hybridized carbons (Fsp3) is 0.375. The van der Waals surface area contributed by atoms with Crippen LogP contribution in [0, 0.1) is 12.7 Å². The van der Waals surface area contributed by atoms with Crippen LogP contribution in [0.2, 0.25) is 0 Å². The van der Waals surface area contributed by atoms with Crippen LogP contribution < -0.4 is 4.90 Å². The number of nitrogens with zero attached hydrogens (tertiary/aromatic N) is 3. The first-order valence-corrected chi connectivity index (χ1v) is 8.39. The van der Waals surface area contributed by atoms with E-state index in [1.54, 1.807) is 17.4 Å². The van der Waals surface area contributed by atoms with Crippen molar-refractivity contribution in [2.45, 2.75) is 26.1 Å². The highest BCUT2D eigenvalue weighted by Gasteiger charge is 2.26. The number of thiazole rings is 1. The molecule has 23 heavy (non-hydrogen) atoms. The number of hydrogen-bond acceptors (Lipinski definition) is 6. The van der Waals surface area contributed by atoms with Crippen LogP contribution >= 0.6 is 11.3 Å². The van der Waals surface area contributed by atoms with Crippen molar-refractivity contribution in [2.24, 2.45) is 0 Å². The maximum Gasteiger partial charge on any atom is 0.298 e. The molecule has 0 N–H and O–H groups in total. The molecule has 1 atom stereocenters.